The SMILES string of the molecule is Cc1c(F)c(F)c(N(c2ccc(-c3ccc(C4=CCC(C)C=C4)n3C)cc2)c2ccc(-c3ccccc3)nc2)c(F)c1F. The van der Waals surface area contributed by atoms with Crippen LogP contribution in [-0.4, -0.2) is 9.55 Å². The van der Waals surface area contributed by atoms with Gasteiger partial charge in [-0.2, -0.15) is 0 Å². The molecule has 216 valence electrons. The Balaban J connectivity index is 1.42. The van der Waals surface area contributed by atoms with E-state index in [4.69, 9.17) is 0 Å². The minimum absolute atomic E-state index is 0.235. The maximum absolute atomic E-state index is 15.4. The van der Waals surface area contributed by atoms with Crippen LogP contribution in [0.4, 0.5) is 34.6 Å². The van der Waals surface area contributed by atoms with Gasteiger partial charge in [0.15, 0.2) is 23.3 Å². The van der Waals surface area contributed by atoms with E-state index in [1.807, 2.05) is 55.6 Å². The predicted octanol–water partition coefficient (Wildman–Crippen LogP) is 10.1. The highest BCUT2D eigenvalue weighted by Crippen LogP contribution is 2.41. The second-order valence-electron chi connectivity index (χ2n) is 10.8. The second kappa shape index (κ2) is 11.4. The predicted molar refractivity (Wildman–Crippen MR) is 164 cm³/mol. The van der Waals surface area contributed by atoms with E-state index in [0.717, 1.165) is 46.3 Å². The average molecular weight is 580 g/mol. The fourth-order valence-electron chi connectivity index (χ4n) is 5.42. The molecule has 0 saturated heterocycles. The van der Waals surface area contributed by atoms with Gasteiger partial charge in [0.05, 0.1) is 17.6 Å². The van der Waals surface area contributed by atoms with E-state index in [2.05, 4.69) is 40.8 Å². The largest absolute Gasteiger partial charge is 0.344 e. The van der Waals surface area contributed by atoms with E-state index in [1.165, 1.54) is 6.20 Å². The van der Waals surface area contributed by atoms with E-state index in [0.29, 0.717) is 17.3 Å². The Kier molecular flexibility index (Phi) is 7.48. The second-order valence-corrected chi connectivity index (χ2v) is 10.8. The number of aromatic nitrogens is 2. The molecule has 1 aliphatic rings. The molecule has 0 fully saturated rings. The first-order chi connectivity index (χ1) is 20.7. The van der Waals surface area contributed by atoms with Crippen molar-refractivity contribution in [3.05, 3.63) is 138 Å². The summed E-state index contributed by atoms with van der Waals surface area (Å²) >= 11 is 0. The summed E-state index contributed by atoms with van der Waals surface area (Å²) in [6, 6.07) is 23.8. The summed E-state index contributed by atoms with van der Waals surface area (Å²) in [5.41, 5.74) is 4.49. The highest BCUT2D eigenvalue weighted by atomic mass is 19.2. The van der Waals surface area contributed by atoms with Gasteiger partial charge in [0.2, 0.25) is 0 Å². The van der Waals surface area contributed by atoms with Crippen LogP contribution in [0.25, 0.3) is 28.1 Å². The highest BCUT2D eigenvalue weighted by molar-refractivity contribution is 5.80. The molecule has 1 aliphatic carbocycles. The quantitative estimate of drug-likeness (QED) is 0.147. The molecule has 0 bridgehead atoms. The molecule has 0 amide bonds. The minimum atomic E-state index is -1.48. The molecule has 0 saturated carbocycles. The fraction of sp³-hybridized carbons (Fsp3) is 0.139. The van der Waals surface area contributed by atoms with Crippen LogP contribution in [0, 0.1) is 36.1 Å². The van der Waals surface area contributed by atoms with Gasteiger partial charge < -0.3 is 9.47 Å². The molecule has 2 heterocycles. The Morgan fingerprint density at radius 1 is 0.744 bits per heavy atom. The van der Waals surface area contributed by atoms with Gasteiger partial charge in [0, 0.05) is 35.2 Å². The zero-order chi connectivity index (χ0) is 30.2. The first kappa shape index (κ1) is 28.2. The van der Waals surface area contributed by atoms with E-state index < -0.39 is 34.5 Å². The van der Waals surface area contributed by atoms with Crippen molar-refractivity contribution in [1.82, 2.24) is 9.55 Å². The third kappa shape index (κ3) is 5.16. The van der Waals surface area contributed by atoms with Crippen LogP contribution in [0.5, 0.6) is 0 Å². The van der Waals surface area contributed by atoms with Gasteiger partial charge in [-0.15, -0.1) is 0 Å². The summed E-state index contributed by atoms with van der Waals surface area (Å²) in [6.07, 6.45) is 8.96. The highest BCUT2D eigenvalue weighted by Gasteiger charge is 2.29. The van der Waals surface area contributed by atoms with Crippen LogP contribution in [0.1, 0.15) is 24.6 Å². The van der Waals surface area contributed by atoms with Crippen molar-refractivity contribution in [2.24, 2.45) is 13.0 Å². The van der Waals surface area contributed by atoms with Gasteiger partial charge in [-0.25, -0.2) is 17.6 Å². The normalized spacial score (nSPS) is 14.6. The molecule has 0 N–H and O–H groups in total. The number of hydrogen-bond donors (Lipinski definition) is 0. The van der Waals surface area contributed by atoms with Crippen molar-refractivity contribution in [1.29, 1.82) is 0 Å². The van der Waals surface area contributed by atoms with Crippen LogP contribution < -0.4 is 4.90 Å². The van der Waals surface area contributed by atoms with Crippen LogP contribution in [0.2, 0.25) is 0 Å². The third-order valence-corrected chi connectivity index (χ3v) is 7.91. The Labute approximate surface area is 248 Å². The molecule has 0 spiro atoms. The van der Waals surface area contributed by atoms with E-state index in [-0.39, 0.29) is 5.69 Å². The summed E-state index contributed by atoms with van der Waals surface area (Å²) < 4.78 is 62.5. The third-order valence-electron chi connectivity index (χ3n) is 7.91. The van der Waals surface area contributed by atoms with Gasteiger partial charge in [-0.3, -0.25) is 4.98 Å². The smallest absolute Gasteiger partial charge is 0.186 e. The van der Waals surface area contributed by atoms with Crippen LogP contribution in [-0.2, 0) is 7.05 Å². The molecule has 0 aliphatic heterocycles. The number of halogens is 4. The molecule has 3 aromatic carbocycles. The lowest BCUT2D eigenvalue weighted by molar-refractivity contribution is 0.448. The maximum atomic E-state index is 15.4. The Morgan fingerprint density at radius 3 is 2.00 bits per heavy atom. The van der Waals surface area contributed by atoms with Crippen molar-refractivity contribution in [3.63, 3.8) is 0 Å². The molecule has 1 atom stereocenters. The van der Waals surface area contributed by atoms with Crippen molar-refractivity contribution < 1.29 is 17.6 Å². The first-order valence-electron chi connectivity index (χ1n) is 14.0. The Morgan fingerprint density at radius 2 is 1.40 bits per heavy atom. The lowest BCUT2D eigenvalue weighted by atomic mass is 9.97. The van der Waals surface area contributed by atoms with Crippen molar-refractivity contribution in [2.45, 2.75) is 20.3 Å². The molecule has 2 aromatic heterocycles. The van der Waals surface area contributed by atoms with Crippen molar-refractivity contribution in [3.8, 4) is 22.5 Å². The van der Waals surface area contributed by atoms with Gasteiger partial charge in [0.1, 0.15) is 5.69 Å². The molecular formula is C36H29F4N3. The van der Waals surface area contributed by atoms with Crippen molar-refractivity contribution >= 4 is 22.6 Å². The fourth-order valence-corrected chi connectivity index (χ4v) is 5.42. The summed E-state index contributed by atoms with van der Waals surface area (Å²) in [5, 5.41) is 0. The Hall–Kier alpha value is -4.91. The summed E-state index contributed by atoms with van der Waals surface area (Å²) in [7, 11) is 1.99. The molecule has 7 heteroatoms. The maximum Gasteiger partial charge on any atom is 0.186 e. The molecule has 6 rings (SSSR count). The topological polar surface area (TPSA) is 21.1 Å². The zero-order valence-electron chi connectivity index (χ0n) is 24.0. The number of allylic oxidation sites excluding steroid dienone is 4. The number of pyridine rings is 1. The Bertz CT molecular complexity index is 1830. The van der Waals surface area contributed by atoms with E-state index in [1.54, 1.807) is 24.3 Å². The molecule has 5 aromatic rings. The molecule has 43 heavy (non-hydrogen) atoms. The van der Waals surface area contributed by atoms with Gasteiger partial charge in [-0.1, -0.05) is 67.6 Å². The standard InChI is InChI=1S/C36H29F4N3/c1-22-9-11-25(12-10-22)30-19-20-31(42(30)3)26-13-15-27(16-14-26)43(36-34(39)32(37)23(2)33(38)35(36)40)28-17-18-29(41-21-28)24-7-5-4-6-8-24/h4-9,11-22H,10H2,1-3H3. The zero-order valence-corrected chi connectivity index (χ0v) is 24.0. The number of benzene rings is 3. The molecule has 3 nitrogen and oxygen atoms in total. The lowest BCUT2D eigenvalue weighted by Crippen LogP contribution is -2.17. The van der Waals surface area contributed by atoms with E-state index in [9.17, 15) is 8.78 Å². The van der Waals surface area contributed by atoms with Crippen LogP contribution >= 0.6 is 0 Å². The molecule has 0 radical (unpaired) electrons. The monoisotopic (exact) mass is 579 g/mol. The molecule has 1 unspecified atom stereocenters. The summed E-state index contributed by atoms with van der Waals surface area (Å²) in [5.74, 6) is -5.35. The average Bonchev–Trinajstić information content (AvgIpc) is 3.43. The minimum Gasteiger partial charge on any atom is -0.344 e. The summed E-state index contributed by atoms with van der Waals surface area (Å²) in [4.78, 5) is 5.63. The number of nitrogens with zero attached hydrogens (tertiary/aromatic N) is 3. The van der Waals surface area contributed by atoms with E-state index >= 15 is 8.78 Å². The summed E-state index contributed by atoms with van der Waals surface area (Å²) in [6.45, 7) is 3.18. The van der Waals surface area contributed by atoms with Crippen molar-refractivity contribution in [2.75, 3.05) is 4.90 Å². The first-order valence-corrected chi connectivity index (χ1v) is 14.0. The van der Waals surface area contributed by atoms with Gasteiger partial charge in [0.25, 0.3) is 0 Å². The van der Waals surface area contributed by atoms with Crippen LogP contribution in [0.3, 0.4) is 0 Å². The number of hydrogen-bond acceptors (Lipinski definition) is 2. The van der Waals surface area contributed by atoms with Gasteiger partial charge in [-0.05, 0) is 66.8 Å². The number of anilines is 3. The van der Waals surface area contributed by atoms with Crippen LogP contribution in [0.15, 0.2) is 103 Å². The van der Waals surface area contributed by atoms with Gasteiger partial charge >= 0.3 is 0 Å². The lowest BCUT2D eigenvalue weighted by Gasteiger charge is -2.27. The molecular weight excluding hydrogens is 550 g/mol. The number of rotatable bonds is 6.